The van der Waals surface area contributed by atoms with Crippen LogP contribution in [-0.4, -0.2) is 11.5 Å². The van der Waals surface area contributed by atoms with Gasteiger partial charge in [-0.2, -0.15) is 0 Å². The van der Waals surface area contributed by atoms with Crippen LogP contribution in [0.15, 0.2) is 45.6 Å². The Balaban J connectivity index is 2.48. The minimum absolute atomic E-state index is 0.0194. The lowest BCUT2D eigenvalue weighted by Gasteiger charge is -2.12. The highest BCUT2D eigenvalue weighted by Gasteiger charge is 2.21. The van der Waals surface area contributed by atoms with Crippen LogP contribution in [0.3, 0.4) is 0 Å². The Bertz CT molecular complexity index is 657. The molecule has 0 spiro atoms. The van der Waals surface area contributed by atoms with Gasteiger partial charge in [0.1, 0.15) is 5.03 Å². The summed E-state index contributed by atoms with van der Waals surface area (Å²) in [5.74, 6) is -0.258. The fraction of sp³-hybridized carbons (Fsp3) is 0.143. The zero-order valence-electron chi connectivity index (χ0n) is 10.7. The number of allylic oxidation sites excluding steroid dienone is 3. The number of carbonyl (C=O) groups excluding carboxylic acids is 1. The maximum Gasteiger partial charge on any atom is 0.202 e. The molecule has 2 rings (SSSR count). The number of benzene rings is 1. The standard InChI is InChI=1S/C14H14ClN3O/c1-7-5-9(3-4-10(7)16)18-11-6-8(2)14(19)12(15)13(11)17/h3-6H,16-17H2,1-2H3/b18-11-. The largest absolute Gasteiger partial charge is 0.399 e. The molecule has 0 aromatic heterocycles. The third-order valence-electron chi connectivity index (χ3n) is 2.93. The number of halogens is 1. The summed E-state index contributed by atoms with van der Waals surface area (Å²) in [5, 5.41) is 0.0194. The van der Waals surface area contributed by atoms with Gasteiger partial charge in [-0.3, -0.25) is 4.79 Å². The molecule has 0 saturated heterocycles. The van der Waals surface area contributed by atoms with Crippen LogP contribution in [-0.2, 0) is 4.79 Å². The van der Waals surface area contributed by atoms with E-state index in [-0.39, 0.29) is 16.5 Å². The smallest absolute Gasteiger partial charge is 0.202 e. The van der Waals surface area contributed by atoms with E-state index >= 15 is 0 Å². The minimum atomic E-state index is -0.258. The van der Waals surface area contributed by atoms with Gasteiger partial charge in [0.25, 0.3) is 0 Å². The number of nitrogen functional groups attached to an aromatic ring is 1. The SMILES string of the molecule is CC1=C/C(=N/c2ccc(N)c(C)c2)C(N)=C(Cl)C1=O. The summed E-state index contributed by atoms with van der Waals surface area (Å²) in [6, 6.07) is 5.42. The predicted octanol–water partition coefficient (Wildman–Crippen LogP) is 2.59. The molecule has 98 valence electrons. The monoisotopic (exact) mass is 275 g/mol. The quantitative estimate of drug-likeness (QED) is 0.610. The third-order valence-corrected chi connectivity index (χ3v) is 3.30. The molecule has 4 N–H and O–H groups in total. The van der Waals surface area contributed by atoms with Crippen molar-refractivity contribution in [3.8, 4) is 0 Å². The maximum atomic E-state index is 11.6. The molecule has 0 heterocycles. The molecule has 0 fully saturated rings. The fourth-order valence-electron chi connectivity index (χ4n) is 1.72. The number of carbonyl (C=O) groups is 1. The normalized spacial score (nSPS) is 17.9. The van der Waals surface area contributed by atoms with E-state index in [0.29, 0.717) is 22.7 Å². The fourth-order valence-corrected chi connectivity index (χ4v) is 1.96. The number of aliphatic imine (C=N–C) groups is 1. The Morgan fingerprint density at radius 2 is 1.89 bits per heavy atom. The van der Waals surface area contributed by atoms with E-state index in [4.69, 9.17) is 23.1 Å². The van der Waals surface area contributed by atoms with Crippen LogP contribution in [0.2, 0.25) is 0 Å². The van der Waals surface area contributed by atoms with Crippen LogP contribution < -0.4 is 11.5 Å². The van der Waals surface area contributed by atoms with Crippen LogP contribution in [0, 0.1) is 6.92 Å². The molecular formula is C14H14ClN3O. The van der Waals surface area contributed by atoms with E-state index < -0.39 is 0 Å². The van der Waals surface area contributed by atoms with Crippen LogP contribution >= 0.6 is 11.6 Å². The van der Waals surface area contributed by atoms with E-state index in [9.17, 15) is 4.79 Å². The van der Waals surface area contributed by atoms with Gasteiger partial charge in [-0.05, 0) is 43.7 Å². The average molecular weight is 276 g/mol. The molecule has 0 saturated carbocycles. The number of hydrogen-bond donors (Lipinski definition) is 2. The molecule has 1 aliphatic carbocycles. The number of hydrogen-bond acceptors (Lipinski definition) is 4. The van der Waals surface area contributed by atoms with Crippen molar-refractivity contribution >= 4 is 34.5 Å². The summed E-state index contributed by atoms with van der Waals surface area (Å²) >= 11 is 5.89. The highest BCUT2D eigenvalue weighted by Crippen LogP contribution is 2.24. The van der Waals surface area contributed by atoms with Crippen LogP contribution in [0.1, 0.15) is 12.5 Å². The van der Waals surface area contributed by atoms with Crippen LogP contribution in [0.5, 0.6) is 0 Å². The Morgan fingerprint density at radius 3 is 2.53 bits per heavy atom. The number of ketones is 1. The maximum absolute atomic E-state index is 11.6. The molecule has 19 heavy (non-hydrogen) atoms. The molecule has 1 aliphatic rings. The van der Waals surface area contributed by atoms with Gasteiger partial charge in [0.05, 0.1) is 17.1 Å². The number of nitrogens with two attached hydrogens (primary N) is 2. The number of anilines is 1. The van der Waals surface area contributed by atoms with Crippen LogP contribution in [0.4, 0.5) is 11.4 Å². The summed E-state index contributed by atoms with van der Waals surface area (Å²) in [6.07, 6.45) is 1.63. The molecule has 0 atom stereocenters. The summed E-state index contributed by atoms with van der Waals surface area (Å²) in [6.45, 7) is 3.58. The molecule has 1 aromatic carbocycles. The first-order valence-corrected chi connectivity index (χ1v) is 6.11. The molecule has 0 amide bonds. The summed E-state index contributed by atoms with van der Waals surface area (Å²) in [7, 11) is 0. The lowest BCUT2D eigenvalue weighted by Crippen LogP contribution is -2.20. The van der Waals surface area contributed by atoms with Crippen molar-refractivity contribution in [2.45, 2.75) is 13.8 Å². The highest BCUT2D eigenvalue weighted by molar-refractivity contribution is 6.49. The molecule has 1 aromatic rings. The Morgan fingerprint density at radius 1 is 1.21 bits per heavy atom. The van der Waals surface area contributed by atoms with Gasteiger partial charge in [-0.15, -0.1) is 0 Å². The van der Waals surface area contributed by atoms with Gasteiger partial charge in [0.15, 0.2) is 0 Å². The van der Waals surface area contributed by atoms with Gasteiger partial charge in [0, 0.05) is 11.3 Å². The zero-order valence-corrected chi connectivity index (χ0v) is 11.5. The average Bonchev–Trinajstić information content (AvgIpc) is 2.38. The van der Waals surface area contributed by atoms with Crippen molar-refractivity contribution < 1.29 is 4.79 Å². The van der Waals surface area contributed by atoms with E-state index in [1.165, 1.54) is 0 Å². The first-order chi connectivity index (χ1) is 8.90. The van der Waals surface area contributed by atoms with Crippen molar-refractivity contribution in [1.29, 1.82) is 0 Å². The van der Waals surface area contributed by atoms with Gasteiger partial charge in [0.2, 0.25) is 5.78 Å². The van der Waals surface area contributed by atoms with E-state index in [0.717, 1.165) is 5.56 Å². The molecule has 0 aliphatic heterocycles. The minimum Gasteiger partial charge on any atom is -0.399 e. The van der Waals surface area contributed by atoms with Crippen molar-refractivity contribution in [3.05, 3.63) is 46.1 Å². The zero-order chi connectivity index (χ0) is 14.2. The second-order valence-electron chi connectivity index (χ2n) is 4.42. The van der Waals surface area contributed by atoms with E-state index in [1.54, 1.807) is 25.1 Å². The number of aryl methyl sites for hydroxylation is 1. The lowest BCUT2D eigenvalue weighted by atomic mass is 10.0. The topological polar surface area (TPSA) is 81.5 Å². The Kier molecular flexibility index (Phi) is 3.44. The first-order valence-electron chi connectivity index (χ1n) is 5.73. The van der Waals surface area contributed by atoms with Crippen molar-refractivity contribution in [2.75, 3.05) is 5.73 Å². The lowest BCUT2D eigenvalue weighted by molar-refractivity contribution is -0.111. The van der Waals surface area contributed by atoms with Crippen molar-refractivity contribution in [1.82, 2.24) is 0 Å². The number of Topliss-reactive ketones (excluding diaryl/α,β-unsaturated/α-hetero) is 1. The second-order valence-corrected chi connectivity index (χ2v) is 4.80. The van der Waals surface area contributed by atoms with Crippen molar-refractivity contribution in [3.63, 3.8) is 0 Å². The summed E-state index contributed by atoms with van der Waals surface area (Å²) < 4.78 is 0. The van der Waals surface area contributed by atoms with E-state index in [2.05, 4.69) is 4.99 Å². The molecule has 0 unspecified atom stereocenters. The first kappa shape index (κ1) is 13.4. The summed E-state index contributed by atoms with van der Waals surface area (Å²) in [4.78, 5) is 16.0. The second kappa shape index (κ2) is 4.90. The van der Waals surface area contributed by atoms with Crippen LogP contribution in [0.25, 0.3) is 0 Å². The van der Waals surface area contributed by atoms with Crippen molar-refractivity contribution in [2.24, 2.45) is 10.7 Å². The third kappa shape index (κ3) is 2.53. The number of rotatable bonds is 1. The number of nitrogens with zero attached hydrogens (tertiary/aromatic N) is 1. The predicted molar refractivity (Wildman–Crippen MR) is 78.5 cm³/mol. The molecular weight excluding hydrogens is 262 g/mol. The summed E-state index contributed by atoms with van der Waals surface area (Å²) in [5.41, 5.74) is 15.1. The van der Waals surface area contributed by atoms with Gasteiger partial charge >= 0.3 is 0 Å². The van der Waals surface area contributed by atoms with E-state index in [1.807, 2.05) is 13.0 Å². The van der Waals surface area contributed by atoms with Gasteiger partial charge in [-0.1, -0.05) is 11.6 Å². The highest BCUT2D eigenvalue weighted by atomic mass is 35.5. The Hall–Kier alpha value is -2.07. The molecule has 5 heteroatoms. The van der Waals surface area contributed by atoms with Gasteiger partial charge < -0.3 is 11.5 Å². The molecule has 0 radical (unpaired) electrons. The molecule has 4 nitrogen and oxygen atoms in total. The molecule has 0 bridgehead atoms. The Labute approximate surface area is 116 Å². The van der Waals surface area contributed by atoms with Gasteiger partial charge in [-0.25, -0.2) is 4.99 Å².